The zero-order valence-electron chi connectivity index (χ0n) is 11.5. The highest BCUT2D eigenvalue weighted by Gasteiger charge is 2.44. The average molecular weight is 379 g/mol. The van der Waals surface area contributed by atoms with Gasteiger partial charge in [0.1, 0.15) is 30.2 Å². The summed E-state index contributed by atoms with van der Waals surface area (Å²) in [6.45, 7) is -0.213. The van der Waals surface area contributed by atoms with Crippen LogP contribution in [-0.2, 0) is 21.1 Å². The van der Waals surface area contributed by atoms with Gasteiger partial charge in [-0.05, 0) is 11.8 Å². The van der Waals surface area contributed by atoms with Crippen LogP contribution < -0.4 is 5.73 Å². The molecule has 0 amide bonds. The number of rotatable bonds is 4. The first-order valence-corrected chi connectivity index (χ1v) is 10.2. The first-order chi connectivity index (χ1) is 10.8. The summed E-state index contributed by atoms with van der Waals surface area (Å²) in [6, 6.07) is 0. The molecule has 3 heterocycles. The van der Waals surface area contributed by atoms with Crippen LogP contribution in [-0.4, -0.2) is 59.5 Å². The van der Waals surface area contributed by atoms with Gasteiger partial charge in [0.2, 0.25) is 5.69 Å². The maximum Gasteiger partial charge on any atom is 0.241 e. The van der Waals surface area contributed by atoms with E-state index in [1.54, 1.807) is 0 Å². The monoisotopic (exact) mass is 379 g/mol. The zero-order chi connectivity index (χ0) is 16.8. The van der Waals surface area contributed by atoms with Crippen molar-refractivity contribution in [2.24, 2.45) is 0 Å². The first-order valence-electron chi connectivity index (χ1n) is 6.42. The minimum absolute atomic E-state index is 0.192. The summed E-state index contributed by atoms with van der Waals surface area (Å²) in [5, 5.41) is 20.3. The van der Waals surface area contributed by atoms with Crippen LogP contribution in [0.2, 0.25) is 0 Å². The number of aromatic nitrogens is 4. The molecule has 10 nitrogen and oxygen atoms in total. The molecule has 1 aliphatic rings. The molecule has 3 rings (SSSR count). The average Bonchev–Trinajstić information content (AvgIpc) is 3.01. The highest BCUT2D eigenvalue weighted by Crippen LogP contribution is 2.48. The van der Waals surface area contributed by atoms with Crippen LogP contribution in [0, 0.1) is 0 Å². The Morgan fingerprint density at radius 3 is 2.83 bits per heavy atom. The number of thiol groups is 1. The number of hydrogen-bond acceptors (Lipinski definition) is 9. The van der Waals surface area contributed by atoms with Crippen molar-refractivity contribution in [3.05, 3.63) is 12.7 Å². The Balaban J connectivity index is 1.85. The van der Waals surface area contributed by atoms with E-state index in [-0.39, 0.29) is 12.4 Å². The van der Waals surface area contributed by atoms with Crippen molar-refractivity contribution in [1.29, 1.82) is 0 Å². The van der Waals surface area contributed by atoms with Crippen LogP contribution in [0.5, 0.6) is 0 Å². The quantitative estimate of drug-likeness (QED) is 0.337. The van der Waals surface area contributed by atoms with E-state index < -0.39 is 30.2 Å². The lowest BCUT2D eigenvalue weighted by atomic mass is 10.1. The predicted octanol–water partition coefficient (Wildman–Crippen LogP) is -0.809. The number of nitrogen functional groups attached to an aromatic ring is 1. The third-order valence-corrected chi connectivity index (χ3v) is 4.55. The van der Waals surface area contributed by atoms with Gasteiger partial charge < -0.3 is 30.1 Å². The smallest absolute Gasteiger partial charge is 0.241 e. The minimum atomic E-state index is -3.19. The van der Waals surface area contributed by atoms with Crippen LogP contribution in [0.15, 0.2) is 12.7 Å². The fourth-order valence-corrected chi connectivity index (χ4v) is 3.05. The van der Waals surface area contributed by atoms with Crippen LogP contribution in [0.25, 0.3) is 11.2 Å². The number of nitrogens with two attached hydrogens (primary N) is 1. The summed E-state index contributed by atoms with van der Waals surface area (Å²) in [7, 11) is 0. The highest BCUT2D eigenvalue weighted by molar-refractivity contribution is 8.59. The summed E-state index contributed by atoms with van der Waals surface area (Å²) >= 11 is 8.37. The van der Waals surface area contributed by atoms with Gasteiger partial charge in [-0.1, -0.05) is 12.2 Å². The molecule has 0 bridgehead atoms. The molecule has 1 saturated heterocycles. The molecule has 2 unspecified atom stereocenters. The molecule has 23 heavy (non-hydrogen) atoms. The van der Waals surface area contributed by atoms with E-state index in [1.807, 2.05) is 0 Å². The lowest BCUT2D eigenvalue weighted by Gasteiger charge is -2.17. The summed E-state index contributed by atoms with van der Waals surface area (Å²) in [5.41, 5.74) is 3.24. The van der Waals surface area contributed by atoms with E-state index >= 15 is 0 Å². The van der Waals surface area contributed by atoms with Gasteiger partial charge in [0.05, 0.1) is 12.9 Å². The van der Waals surface area contributed by atoms with Gasteiger partial charge in [0.15, 0.2) is 17.7 Å². The number of nitrogens with zero attached hydrogens (tertiary/aromatic N) is 4. The van der Waals surface area contributed by atoms with Gasteiger partial charge in [-0.25, -0.2) is 15.0 Å². The molecular formula is C10H14N5O5PS2. The van der Waals surface area contributed by atoms with Gasteiger partial charge in [-0.2, -0.15) is 0 Å². The van der Waals surface area contributed by atoms with E-state index in [0.29, 0.717) is 11.2 Å². The lowest BCUT2D eigenvalue weighted by Crippen LogP contribution is -2.33. The summed E-state index contributed by atoms with van der Waals surface area (Å²) in [4.78, 5) is 21.3. The molecule has 5 atom stereocenters. The van der Waals surface area contributed by atoms with Crippen molar-refractivity contribution in [3.63, 3.8) is 0 Å². The Morgan fingerprint density at radius 1 is 1.39 bits per heavy atom. The predicted molar refractivity (Wildman–Crippen MR) is 87.1 cm³/mol. The van der Waals surface area contributed by atoms with Crippen molar-refractivity contribution in [1.82, 2.24) is 19.5 Å². The molecule has 1 fully saturated rings. The molecule has 13 heteroatoms. The first kappa shape index (κ1) is 17.0. The summed E-state index contributed by atoms with van der Waals surface area (Å²) < 4.78 is 12.0. The Bertz CT molecular complexity index is 769. The van der Waals surface area contributed by atoms with Crippen molar-refractivity contribution >= 4 is 46.7 Å². The zero-order valence-corrected chi connectivity index (χ0v) is 14.1. The van der Waals surface area contributed by atoms with E-state index in [0.717, 1.165) is 0 Å². The number of fused-ring (bicyclic) bond motifs is 1. The fourth-order valence-electron chi connectivity index (χ4n) is 2.32. The topological polar surface area (TPSA) is 149 Å². The second kappa shape index (κ2) is 6.22. The van der Waals surface area contributed by atoms with Gasteiger partial charge in [0.25, 0.3) is 0 Å². The minimum Gasteiger partial charge on any atom is -0.387 e. The number of imidazole rings is 1. The standard InChI is InChI=1S/C10H14N5O5PS2/c11-8-5-9(13-2-12-8)15(3-14-5)10-7(17)6(16)4(20-10)1-19-21(18,22)23/h2-4,6-7,10,16-17H,1H2,(H2,11,12,13)(H2,18,22,23)/t4-,6-,7?,10-/m1/s1. The normalized spacial score (nSPS) is 30.6. The number of ether oxygens (including phenoxy) is 1. The van der Waals surface area contributed by atoms with Crippen molar-refractivity contribution in [3.8, 4) is 0 Å². The molecule has 1 aliphatic heterocycles. The van der Waals surface area contributed by atoms with Gasteiger partial charge >= 0.3 is 0 Å². The maximum absolute atomic E-state index is 10.2. The van der Waals surface area contributed by atoms with E-state index in [2.05, 4.69) is 39.0 Å². The SMILES string of the molecule is Nc1ncnc2c1ncn2[C@@H]1O[C@H](COP(O)(=S)S)[C@@H](O)C1O. The second-order valence-corrected chi connectivity index (χ2v) is 10.1. The van der Waals surface area contributed by atoms with Crippen molar-refractivity contribution < 1.29 is 24.4 Å². The Hall–Kier alpha value is -0.850. The van der Waals surface area contributed by atoms with Crippen molar-refractivity contribution in [2.75, 3.05) is 12.3 Å². The van der Waals surface area contributed by atoms with Gasteiger partial charge in [-0.3, -0.25) is 4.57 Å². The Kier molecular flexibility index (Phi) is 4.60. The molecule has 0 aromatic carbocycles. The third kappa shape index (κ3) is 3.35. The molecule has 0 radical (unpaired) electrons. The molecule has 5 N–H and O–H groups in total. The van der Waals surface area contributed by atoms with Crippen LogP contribution >= 0.6 is 17.9 Å². The second-order valence-electron chi connectivity index (χ2n) is 4.92. The molecular weight excluding hydrogens is 365 g/mol. The van der Waals surface area contributed by atoms with Crippen LogP contribution in [0.4, 0.5) is 5.82 Å². The van der Waals surface area contributed by atoms with Gasteiger partial charge in [-0.15, -0.1) is 0 Å². The van der Waals surface area contributed by atoms with Crippen LogP contribution in [0.3, 0.4) is 0 Å². The molecule has 0 saturated carbocycles. The largest absolute Gasteiger partial charge is 0.387 e. The van der Waals surface area contributed by atoms with E-state index in [9.17, 15) is 15.1 Å². The number of anilines is 1. The van der Waals surface area contributed by atoms with E-state index in [4.69, 9.17) is 15.0 Å². The highest BCUT2D eigenvalue weighted by atomic mass is 32.9. The molecule has 0 spiro atoms. The van der Waals surface area contributed by atoms with Gasteiger partial charge in [0, 0.05) is 0 Å². The van der Waals surface area contributed by atoms with E-state index in [1.165, 1.54) is 17.2 Å². The Morgan fingerprint density at radius 2 is 2.13 bits per heavy atom. The molecule has 2 aromatic heterocycles. The number of aliphatic hydroxyl groups is 2. The van der Waals surface area contributed by atoms with Crippen LogP contribution in [0.1, 0.15) is 6.23 Å². The summed E-state index contributed by atoms with van der Waals surface area (Å²) in [6.07, 6.45) is -1.70. The lowest BCUT2D eigenvalue weighted by molar-refractivity contribution is -0.0469. The Labute approximate surface area is 140 Å². The number of aliphatic hydroxyl groups excluding tert-OH is 2. The summed E-state index contributed by atoms with van der Waals surface area (Å²) in [5.74, 6) is 0.192. The molecule has 0 aliphatic carbocycles. The number of hydrogen-bond donors (Lipinski definition) is 5. The fraction of sp³-hybridized carbons (Fsp3) is 0.500. The molecule has 126 valence electrons. The third-order valence-electron chi connectivity index (χ3n) is 3.41. The van der Waals surface area contributed by atoms with Crippen molar-refractivity contribution in [2.45, 2.75) is 24.5 Å². The molecule has 2 aromatic rings. The maximum atomic E-state index is 10.2.